The minimum absolute atomic E-state index is 0.0894. The fourth-order valence-electron chi connectivity index (χ4n) is 3.47. The van der Waals surface area contributed by atoms with Crippen LogP contribution in [-0.4, -0.2) is 9.55 Å². The number of hydrogen-bond acceptors (Lipinski definition) is 1. The van der Waals surface area contributed by atoms with E-state index in [2.05, 4.69) is 10.6 Å². The fraction of sp³-hybridized carbons (Fsp3) is 0.562. The van der Waals surface area contributed by atoms with Crippen molar-refractivity contribution < 1.29 is 0 Å². The van der Waals surface area contributed by atoms with Crippen molar-refractivity contribution in [3.05, 3.63) is 29.0 Å². The lowest BCUT2D eigenvalue weighted by Crippen LogP contribution is -2.16. The van der Waals surface area contributed by atoms with E-state index < -0.39 is 0 Å². The Balaban J connectivity index is 1.83. The summed E-state index contributed by atoms with van der Waals surface area (Å²) in [5, 5.41) is 0.629. The third-order valence-electron chi connectivity index (χ3n) is 4.92. The van der Waals surface area contributed by atoms with E-state index in [0.29, 0.717) is 5.41 Å². The van der Waals surface area contributed by atoms with E-state index in [1.807, 2.05) is 19.1 Å². The summed E-state index contributed by atoms with van der Waals surface area (Å²) in [4.78, 5) is 4.70. The molecule has 0 bridgehead atoms. The first kappa shape index (κ1) is 13.0. The maximum atomic E-state index is 6.35. The summed E-state index contributed by atoms with van der Waals surface area (Å²) < 4.78 is 2.32. The molecule has 2 nitrogen and oxygen atoms in total. The van der Waals surface area contributed by atoms with Crippen LogP contribution < -0.4 is 0 Å². The number of aromatic nitrogens is 2. The van der Waals surface area contributed by atoms with E-state index in [1.165, 1.54) is 25.7 Å². The molecule has 4 rings (SSSR count). The summed E-state index contributed by atoms with van der Waals surface area (Å²) in [5.74, 6) is 1.89. The number of para-hydroxylation sites is 1. The van der Waals surface area contributed by atoms with Gasteiger partial charge >= 0.3 is 0 Å². The van der Waals surface area contributed by atoms with E-state index in [9.17, 15) is 0 Å². The Kier molecular flexibility index (Phi) is 2.84. The largest absolute Gasteiger partial charge is 0.326 e. The molecule has 0 N–H and O–H groups in total. The molecule has 1 aromatic heterocycles. The van der Waals surface area contributed by atoms with Crippen molar-refractivity contribution >= 4 is 34.2 Å². The molecule has 0 radical (unpaired) electrons. The molecule has 0 amide bonds. The zero-order valence-electron chi connectivity index (χ0n) is 11.6. The summed E-state index contributed by atoms with van der Waals surface area (Å²) >= 11 is 12.6. The summed E-state index contributed by atoms with van der Waals surface area (Å²) in [6.45, 7) is 3.05. The number of halogens is 2. The number of imidazole rings is 1. The SMILES string of the molecule is CC(Cl)c1nc2c(Cl)cccc2n1CC1(C2CC2)CC1. The van der Waals surface area contributed by atoms with Gasteiger partial charge in [-0.3, -0.25) is 0 Å². The van der Waals surface area contributed by atoms with Gasteiger partial charge < -0.3 is 4.57 Å². The average Bonchev–Trinajstić information content (AvgIpc) is 3.28. The van der Waals surface area contributed by atoms with Gasteiger partial charge in [0, 0.05) is 6.54 Å². The Morgan fingerprint density at radius 1 is 1.40 bits per heavy atom. The van der Waals surface area contributed by atoms with Crippen molar-refractivity contribution in [3.8, 4) is 0 Å². The molecule has 4 heteroatoms. The monoisotopic (exact) mass is 308 g/mol. The second-order valence-electron chi connectivity index (χ2n) is 6.42. The molecule has 0 aliphatic heterocycles. The molecule has 0 saturated heterocycles. The Morgan fingerprint density at radius 2 is 2.15 bits per heavy atom. The molecule has 2 saturated carbocycles. The summed E-state index contributed by atoms with van der Waals surface area (Å²) in [7, 11) is 0. The summed E-state index contributed by atoms with van der Waals surface area (Å²) in [6.07, 6.45) is 5.51. The first-order valence-electron chi connectivity index (χ1n) is 7.39. The van der Waals surface area contributed by atoms with Crippen molar-refractivity contribution in [1.29, 1.82) is 0 Å². The first-order chi connectivity index (χ1) is 9.61. The van der Waals surface area contributed by atoms with Gasteiger partial charge in [0.1, 0.15) is 11.3 Å². The third-order valence-corrected chi connectivity index (χ3v) is 5.42. The van der Waals surface area contributed by atoms with Crippen LogP contribution in [-0.2, 0) is 6.54 Å². The van der Waals surface area contributed by atoms with Crippen LogP contribution in [0.5, 0.6) is 0 Å². The zero-order valence-corrected chi connectivity index (χ0v) is 13.1. The van der Waals surface area contributed by atoms with E-state index in [1.54, 1.807) is 0 Å². The van der Waals surface area contributed by atoms with Crippen LogP contribution in [0.4, 0.5) is 0 Å². The van der Waals surface area contributed by atoms with E-state index >= 15 is 0 Å². The number of fused-ring (bicyclic) bond motifs is 1. The van der Waals surface area contributed by atoms with Crippen LogP contribution in [0.1, 0.15) is 43.8 Å². The molecule has 20 heavy (non-hydrogen) atoms. The van der Waals surface area contributed by atoms with Crippen molar-refractivity contribution in [2.75, 3.05) is 0 Å². The smallest absolute Gasteiger partial charge is 0.127 e. The predicted molar refractivity (Wildman–Crippen MR) is 83.4 cm³/mol. The van der Waals surface area contributed by atoms with Crippen LogP contribution in [0.15, 0.2) is 18.2 Å². The fourth-order valence-corrected chi connectivity index (χ4v) is 3.85. The highest BCUT2D eigenvalue weighted by molar-refractivity contribution is 6.35. The van der Waals surface area contributed by atoms with Crippen molar-refractivity contribution in [1.82, 2.24) is 9.55 Å². The highest BCUT2D eigenvalue weighted by Crippen LogP contribution is 2.62. The first-order valence-corrected chi connectivity index (χ1v) is 8.21. The Hall–Kier alpha value is -0.730. The quantitative estimate of drug-likeness (QED) is 0.712. The average molecular weight is 309 g/mol. The van der Waals surface area contributed by atoms with Gasteiger partial charge in [-0.15, -0.1) is 11.6 Å². The second-order valence-corrected chi connectivity index (χ2v) is 7.48. The topological polar surface area (TPSA) is 17.8 Å². The Morgan fingerprint density at radius 3 is 2.75 bits per heavy atom. The van der Waals surface area contributed by atoms with Crippen molar-refractivity contribution in [2.45, 2.75) is 44.5 Å². The summed E-state index contributed by atoms with van der Waals surface area (Å²) in [6, 6.07) is 6.01. The van der Waals surface area contributed by atoms with Gasteiger partial charge in [-0.1, -0.05) is 17.7 Å². The van der Waals surface area contributed by atoms with Gasteiger partial charge in [0.25, 0.3) is 0 Å². The second kappa shape index (κ2) is 4.38. The van der Waals surface area contributed by atoms with Crippen LogP contribution in [0.25, 0.3) is 11.0 Å². The van der Waals surface area contributed by atoms with E-state index in [4.69, 9.17) is 28.2 Å². The predicted octanol–water partition coefficient (Wildman–Crippen LogP) is 5.18. The molecule has 1 atom stereocenters. The molecule has 0 spiro atoms. The standard InChI is InChI=1S/C16H18Cl2N2/c1-10(17)15-19-14-12(18)3-2-4-13(14)20(15)9-16(7-8-16)11-5-6-11/h2-4,10-11H,5-9H2,1H3. The van der Waals surface area contributed by atoms with Crippen LogP contribution in [0.3, 0.4) is 0 Å². The normalized spacial score (nSPS) is 22.1. The van der Waals surface area contributed by atoms with Gasteiger partial charge in [0.15, 0.2) is 0 Å². The molecule has 1 heterocycles. The zero-order chi connectivity index (χ0) is 13.9. The van der Waals surface area contributed by atoms with E-state index in [-0.39, 0.29) is 5.38 Å². The third kappa shape index (κ3) is 1.96. The van der Waals surface area contributed by atoms with Crippen LogP contribution >= 0.6 is 23.2 Å². The van der Waals surface area contributed by atoms with Gasteiger partial charge in [-0.2, -0.15) is 0 Å². The lowest BCUT2D eigenvalue weighted by atomic mass is 10.0. The number of hydrogen-bond donors (Lipinski definition) is 0. The molecule has 2 aliphatic rings. The number of nitrogens with zero attached hydrogens (tertiary/aromatic N) is 2. The van der Waals surface area contributed by atoms with Gasteiger partial charge in [-0.05, 0) is 56.1 Å². The van der Waals surface area contributed by atoms with Crippen LogP contribution in [0.2, 0.25) is 5.02 Å². The molecular formula is C16H18Cl2N2. The number of rotatable bonds is 4. The van der Waals surface area contributed by atoms with Crippen molar-refractivity contribution in [3.63, 3.8) is 0 Å². The van der Waals surface area contributed by atoms with Crippen molar-refractivity contribution in [2.24, 2.45) is 11.3 Å². The Labute approximate surface area is 129 Å². The Bertz CT molecular complexity index is 666. The van der Waals surface area contributed by atoms with Gasteiger partial charge in [0.2, 0.25) is 0 Å². The minimum Gasteiger partial charge on any atom is -0.326 e. The lowest BCUT2D eigenvalue weighted by Gasteiger charge is -2.18. The van der Waals surface area contributed by atoms with Gasteiger partial charge in [-0.25, -0.2) is 4.98 Å². The highest BCUT2D eigenvalue weighted by Gasteiger charge is 2.54. The maximum absolute atomic E-state index is 6.35. The molecule has 1 unspecified atom stereocenters. The number of benzene rings is 1. The maximum Gasteiger partial charge on any atom is 0.127 e. The molecular weight excluding hydrogens is 291 g/mol. The lowest BCUT2D eigenvalue weighted by molar-refractivity contribution is 0.369. The highest BCUT2D eigenvalue weighted by atomic mass is 35.5. The molecule has 2 fully saturated rings. The molecule has 1 aromatic carbocycles. The molecule has 2 aliphatic carbocycles. The van der Waals surface area contributed by atoms with Crippen LogP contribution in [0, 0.1) is 11.3 Å². The molecule has 2 aromatic rings. The number of alkyl halides is 1. The van der Waals surface area contributed by atoms with Gasteiger partial charge in [0.05, 0.1) is 15.9 Å². The summed E-state index contributed by atoms with van der Waals surface area (Å²) in [5.41, 5.74) is 2.55. The van der Waals surface area contributed by atoms with E-state index in [0.717, 1.165) is 34.3 Å². The molecule has 106 valence electrons. The minimum atomic E-state index is -0.0894.